The Morgan fingerprint density at radius 1 is 1.40 bits per heavy atom. The molecule has 1 atom stereocenters. The van der Waals surface area contributed by atoms with Gasteiger partial charge < -0.3 is 5.73 Å². The third-order valence-corrected chi connectivity index (χ3v) is 2.66. The van der Waals surface area contributed by atoms with Gasteiger partial charge in [-0.05, 0) is 25.3 Å². The lowest BCUT2D eigenvalue weighted by atomic mass is 9.94. The number of amides is 1. The molecule has 0 aromatic carbocycles. The van der Waals surface area contributed by atoms with Gasteiger partial charge in [0.2, 0.25) is 5.91 Å². The van der Waals surface area contributed by atoms with E-state index in [4.69, 9.17) is 10.6 Å². The highest BCUT2D eigenvalue weighted by Crippen LogP contribution is 2.17. The van der Waals surface area contributed by atoms with Crippen LogP contribution in [0.2, 0.25) is 0 Å². The normalized spacial score (nSPS) is 12.5. The zero-order valence-electron chi connectivity index (χ0n) is 10.2. The molecular weight excluding hydrogens is 192 g/mol. The van der Waals surface area contributed by atoms with Crippen molar-refractivity contribution in [2.45, 2.75) is 39.0 Å². The maximum atomic E-state index is 11.5. The standard InChI is InChI=1S/C11H24N2O2/c1-4-5-10(8-9-12)6-7-11(14)13(2)15-3/h10H,4-9,12H2,1-3H3. The van der Waals surface area contributed by atoms with Crippen LogP contribution in [0.4, 0.5) is 0 Å². The Morgan fingerprint density at radius 2 is 2.07 bits per heavy atom. The first-order valence-electron chi connectivity index (χ1n) is 5.66. The van der Waals surface area contributed by atoms with Crippen LogP contribution in [-0.2, 0) is 9.63 Å². The highest BCUT2D eigenvalue weighted by atomic mass is 16.7. The van der Waals surface area contributed by atoms with E-state index in [-0.39, 0.29) is 5.91 Å². The van der Waals surface area contributed by atoms with Gasteiger partial charge in [-0.1, -0.05) is 19.8 Å². The minimum absolute atomic E-state index is 0.0376. The Balaban J connectivity index is 3.82. The summed E-state index contributed by atoms with van der Waals surface area (Å²) in [6.07, 6.45) is 4.78. The molecule has 4 nitrogen and oxygen atoms in total. The summed E-state index contributed by atoms with van der Waals surface area (Å²) >= 11 is 0. The molecule has 0 aromatic heterocycles. The fourth-order valence-corrected chi connectivity index (χ4v) is 1.66. The zero-order valence-corrected chi connectivity index (χ0v) is 10.2. The van der Waals surface area contributed by atoms with Gasteiger partial charge in [0.15, 0.2) is 0 Å². The van der Waals surface area contributed by atoms with E-state index in [9.17, 15) is 4.79 Å². The summed E-state index contributed by atoms with van der Waals surface area (Å²) in [6.45, 7) is 2.87. The highest BCUT2D eigenvalue weighted by molar-refractivity contribution is 5.74. The van der Waals surface area contributed by atoms with E-state index in [0.29, 0.717) is 18.9 Å². The molecule has 15 heavy (non-hydrogen) atoms. The number of carbonyl (C=O) groups excluding carboxylic acids is 1. The van der Waals surface area contributed by atoms with Crippen LogP contribution in [-0.4, -0.2) is 31.7 Å². The molecule has 0 bridgehead atoms. The van der Waals surface area contributed by atoms with Crippen molar-refractivity contribution in [3.8, 4) is 0 Å². The van der Waals surface area contributed by atoms with Gasteiger partial charge in [-0.2, -0.15) is 0 Å². The summed E-state index contributed by atoms with van der Waals surface area (Å²) in [7, 11) is 3.14. The van der Waals surface area contributed by atoms with E-state index in [1.807, 2.05) is 0 Å². The molecule has 0 spiro atoms. The Kier molecular flexibility index (Phi) is 8.33. The van der Waals surface area contributed by atoms with Crippen molar-refractivity contribution in [3.63, 3.8) is 0 Å². The molecule has 90 valence electrons. The summed E-state index contributed by atoms with van der Waals surface area (Å²) in [5.74, 6) is 0.616. The monoisotopic (exact) mass is 216 g/mol. The molecular formula is C11H24N2O2. The SMILES string of the molecule is CCCC(CCN)CCC(=O)N(C)OC. The number of nitrogens with zero attached hydrogens (tertiary/aromatic N) is 1. The lowest BCUT2D eigenvalue weighted by molar-refractivity contribution is -0.168. The molecule has 0 fully saturated rings. The molecule has 1 amide bonds. The predicted octanol–water partition coefficient (Wildman–Crippen LogP) is 1.55. The van der Waals surface area contributed by atoms with Crippen LogP contribution in [0.1, 0.15) is 39.0 Å². The quantitative estimate of drug-likeness (QED) is 0.626. The molecule has 0 aliphatic rings. The summed E-state index contributed by atoms with van der Waals surface area (Å²) in [4.78, 5) is 16.3. The highest BCUT2D eigenvalue weighted by Gasteiger charge is 2.12. The number of rotatable bonds is 8. The summed E-state index contributed by atoms with van der Waals surface area (Å²) in [6, 6.07) is 0. The Bertz CT molecular complexity index is 168. The molecule has 0 aliphatic heterocycles. The zero-order chi connectivity index (χ0) is 11.7. The van der Waals surface area contributed by atoms with Crippen molar-refractivity contribution in [1.82, 2.24) is 5.06 Å². The minimum atomic E-state index is 0.0376. The average Bonchev–Trinajstić information content (AvgIpc) is 2.25. The maximum absolute atomic E-state index is 11.5. The Hall–Kier alpha value is -0.610. The molecule has 0 rings (SSSR count). The summed E-state index contributed by atoms with van der Waals surface area (Å²) in [5.41, 5.74) is 5.53. The first-order valence-corrected chi connectivity index (χ1v) is 5.66. The largest absolute Gasteiger partial charge is 0.330 e. The molecule has 0 aromatic rings. The van der Waals surface area contributed by atoms with Crippen LogP contribution in [0.15, 0.2) is 0 Å². The van der Waals surface area contributed by atoms with Gasteiger partial charge in [0.1, 0.15) is 0 Å². The molecule has 0 aliphatic carbocycles. The minimum Gasteiger partial charge on any atom is -0.330 e. The number of hydrogen-bond acceptors (Lipinski definition) is 3. The van der Waals surface area contributed by atoms with Gasteiger partial charge >= 0.3 is 0 Å². The fourth-order valence-electron chi connectivity index (χ4n) is 1.66. The van der Waals surface area contributed by atoms with Crippen LogP contribution >= 0.6 is 0 Å². The van der Waals surface area contributed by atoms with Crippen molar-refractivity contribution in [1.29, 1.82) is 0 Å². The third kappa shape index (κ3) is 6.47. The van der Waals surface area contributed by atoms with E-state index < -0.39 is 0 Å². The van der Waals surface area contributed by atoms with Gasteiger partial charge in [-0.15, -0.1) is 0 Å². The summed E-state index contributed by atoms with van der Waals surface area (Å²) < 4.78 is 0. The van der Waals surface area contributed by atoms with Crippen molar-refractivity contribution < 1.29 is 9.63 Å². The lowest BCUT2D eigenvalue weighted by Gasteiger charge is -2.17. The van der Waals surface area contributed by atoms with Crippen LogP contribution in [0.5, 0.6) is 0 Å². The van der Waals surface area contributed by atoms with E-state index in [0.717, 1.165) is 25.7 Å². The van der Waals surface area contributed by atoms with Crippen LogP contribution in [0.25, 0.3) is 0 Å². The Labute approximate surface area is 92.7 Å². The second-order valence-electron chi connectivity index (χ2n) is 3.84. The number of nitrogens with two attached hydrogens (primary N) is 1. The number of hydrogen-bond donors (Lipinski definition) is 1. The van der Waals surface area contributed by atoms with Crippen LogP contribution in [0.3, 0.4) is 0 Å². The molecule has 0 radical (unpaired) electrons. The molecule has 4 heteroatoms. The van der Waals surface area contributed by atoms with Crippen LogP contribution in [0, 0.1) is 5.92 Å². The lowest BCUT2D eigenvalue weighted by Crippen LogP contribution is -2.25. The molecule has 0 saturated heterocycles. The van der Waals surface area contributed by atoms with E-state index in [1.54, 1.807) is 7.05 Å². The third-order valence-electron chi connectivity index (χ3n) is 2.66. The topological polar surface area (TPSA) is 55.6 Å². The van der Waals surface area contributed by atoms with Gasteiger partial charge in [-0.25, -0.2) is 5.06 Å². The van der Waals surface area contributed by atoms with E-state index in [2.05, 4.69) is 6.92 Å². The smallest absolute Gasteiger partial charge is 0.245 e. The van der Waals surface area contributed by atoms with Gasteiger partial charge in [0.25, 0.3) is 0 Å². The molecule has 1 unspecified atom stereocenters. The van der Waals surface area contributed by atoms with Gasteiger partial charge in [0.05, 0.1) is 7.11 Å². The number of carbonyl (C=O) groups is 1. The van der Waals surface area contributed by atoms with Gasteiger partial charge in [0, 0.05) is 13.5 Å². The van der Waals surface area contributed by atoms with Gasteiger partial charge in [-0.3, -0.25) is 9.63 Å². The van der Waals surface area contributed by atoms with Crippen molar-refractivity contribution in [2.75, 3.05) is 20.7 Å². The maximum Gasteiger partial charge on any atom is 0.245 e. The first-order chi connectivity index (χ1) is 7.15. The van der Waals surface area contributed by atoms with Crippen molar-refractivity contribution in [2.24, 2.45) is 11.7 Å². The van der Waals surface area contributed by atoms with Crippen LogP contribution < -0.4 is 5.73 Å². The second kappa shape index (κ2) is 8.68. The molecule has 0 heterocycles. The summed E-state index contributed by atoms with van der Waals surface area (Å²) in [5, 5.41) is 1.28. The number of hydroxylamine groups is 2. The predicted molar refractivity (Wildman–Crippen MR) is 61.1 cm³/mol. The molecule has 2 N–H and O–H groups in total. The van der Waals surface area contributed by atoms with Crippen molar-refractivity contribution >= 4 is 5.91 Å². The fraction of sp³-hybridized carbons (Fsp3) is 0.909. The first kappa shape index (κ1) is 14.4. The average molecular weight is 216 g/mol. The van der Waals surface area contributed by atoms with Crippen molar-refractivity contribution in [3.05, 3.63) is 0 Å². The molecule has 0 saturated carbocycles. The second-order valence-corrected chi connectivity index (χ2v) is 3.84. The van der Waals surface area contributed by atoms with E-state index in [1.165, 1.54) is 12.2 Å². The Morgan fingerprint density at radius 3 is 2.53 bits per heavy atom. The van der Waals surface area contributed by atoms with E-state index >= 15 is 0 Å².